The summed E-state index contributed by atoms with van der Waals surface area (Å²) >= 11 is 6.06. The first-order valence-electron chi connectivity index (χ1n) is 8.65. The summed E-state index contributed by atoms with van der Waals surface area (Å²) in [6.07, 6.45) is 2.74. The average molecular weight is 355 g/mol. The first-order chi connectivity index (χ1) is 11.5. The minimum Gasteiger partial charge on any atom is -0.356 e. The van der Waals surface area contributed by atoms with E-state index in [0.717, 1.165) is 31.9 Å². The van der Waals surface area contributed by atoms with E-state index < -0.39 is 0 Å². The summed E-state index contributed by atoms with van der Waals surface area (Å²) in [5, 5.41) is 7.19. The van der Waals surface area contributed by atoms with Crippen molar-refractivity contribution in [3.05, 3.63) is 34.6 Å². The average Bonchev–Trinajstić information content (AvgIpc) is 2.57. The lowest BCUT2D eigenvalue weighted by Gasteiger charge is -2.35. The van der Waals surface area contributed by atoms with Crippen LogP contribution >= 0.6 is 11.6 Å². The highest BCUT2D eigenvalue weighted by Crippen LogP contribution is 2.19. The highest BCUT2D eigenvalue weighted by molar-refractivity contribution is 6.31. The van der Waals surface area contributed by atoms with E-state index in [1.807, 2.05) is 0 Å². The lowest BCUT2D eigenvalue weighted by Crippen LogP contribution is -2.50. The molecule has 0 amide bonds. The zero-order chi connectivity index (χ0) is 17.5. The fraction of sp³-hybridized carbons (Fsp3) is 0.611. The van der Waals surface area contributed by atoms with E-state index in [9.17, 15) is 4.39 Å². The molecule has 4 nitrogen and oxygen atoms in total. The van der Waals surface area contributed by atoms with Crippen LogP contribution in [0.1, 0.15) is 32.3 Å². The Bertz CT molecular complexity index is 534. The number of hydrogen-bond acceptors (Lipinski definition) is 2. The molecule has 1 fully saturated rings. The molecule has 1 aromatic rings. The number of nitrogens with one attached hydrogen (secondary N) is 2. The molecular formula is C18H28ClFN4. The topological polar surface area (TPSA) is 39.7 Å². The Hall–Kier alpha value is -1.33. The summed E-state index contributed by atoms with van der Waals surface area (Å²) in [6.45, 7) is 7.28. The van der Waals surface area contributed by atoms with Gasteiger partial charge in [-0.25, -0.2) is 4.39 Å². The monoisotopic (exact) mass is 354 g/mol. The molecule has 0 radical (unpaired) electrons. The molecule has 0 spiro atoms. The van der Waals surface area contributed by atoms with E-state index >= 15 is 0 Å². The van der Waals surface area contributed by atoms with Crippen LogP contribution in [0.15, 0.2) is 23.2 Å². The zero-order valence-corrected chi connectivity index (χ0v) is 15.5. The van der Waals surface area contributed by atoms with Gasteiger partial charge in [-0.3, -0.25) is 4.99 Å². The number of halogens is 2. The third-order valence-corrected chi connectivity index (χ3v) is 4.91. The summed E-state index contributed by atoms with van der Waals surface area (Å²) in [5.74, 6) is 0.513. The Morgan fingerprint density at radius 1 is 1.38 bits per heavy atom. The predicted molar refractivity (Wildman–Crippen MR) is 99.3 cm³/mol. The lowest BCUT2D eigenvalue weighted by molar-refractivity contribution is 0.167. The van der Waals surface area contributed by atoms with E-state index in [1.165, 1.54) is 6.07 Å². The number of aliphatic imine (C=N–C) groups is 1. The van der Waals surface area contributed by atoms with Crippen LogP contribution in [-0.2, 0) is 6.42 Å². The van der Waals surface area contributed by atoms with E-state index in [1.54, 1.807) is 19.2 Å². The summed E-state index contributed by atoms with van der Waals surface area (Å²) in [7, 11) is 1.76. The van der Waals surface area contributed by atoms with Crippen molar-refractivity contribution in [1.29, 1.82) is 0 Å². The van der Waals surface area contributed by atoms with Gasteiger partial charge in [0.25, 0.3) is 0 Å². The standard InChI is InChI=1S/C18H28ClFN4/c1-13(2)24-11-8-14(9-12-24)23-18(21-3)22-10-7-15-16(19)5-4-6-17(15)20/h4-6,13-14H,7-12H2,1-3H3,(H2,21,22,23). The van der Waals surface area contributed by atoms with Gasteiger partial charge in [-0.05, 0) is 45.2 Å². The molecular weight excluding hydrogens is 327 g/mol. The SMILES string of the molecule is CN=C(NCCc1c(F)cccc1Cl)NC1CCN(C(C)C)CC1. The molecule has 1 heterocycles. The summed E-state index contributed by atoms with van der Waals surface area (Å²) in [5.41, 5.74) is 0.548. The number of hydrogen-bond donors (Lipinski definition) is 2. The highest BCUT2D eigenvalue weighted by atomic mass is 35.5. The smallest absolute Gasteiger partial charge is 0.191 e. The Morgan fingerprint density at radius 3 is 2.67 bits per heavy atom. The quantitative estimate of drug-likeness (QED) is 0.630. The molecule has 0 aliphatic carbocycles. The van der Waals surface area contributed by atoms with Gasteiger partial charge in [-0.2, -0.15) is 0 Å². The molecule has 0 atom stereocenters. The molecule has 24 heavy (non-hydrogen) atoms. The van der Waals surface area contributed by atoms with Crippen molar-refractivity contribution >= 4 is 17.6 Å². The van der Waals surface area contributed by atoms with Crippen molar-refractivity contribution in [2.75, 3.05) is 26.7 Å². The molecule has 0 saturated carbocycles. The number of benzene rings is 1. The largest absolute Gasteiger partial charge is 0.356 e. The van der Waals surface area contributed by atoms with Gasteiger partial charge in [0.15, 0.2) is 5.96 Å². The molecule has 0 bridgehead atoms. The fourth-order valence-corrected chi connectivity index (χ4v) is 3.28. The minimum absolute atomic E-state index is 0.256. The van der Waals surface area contributed by atoms with E-state index in [2.05, 4.69) is 34.4 Å². The lowest BCUT2D eigenvalue weighted by atomic mass is 10.0. The highest BCUT2D eigenvalue weighted by Gasteiger charge is 2.21. The maximum atomic E-state index is 13.8. The van der Waals surface area contributed by atoms with Crippen molar-refractivity contribution < 1.29 is 4.39 Å². The van der Waals surface area contributed by atoms with Gasteiger partial charge in [-0.1, -0.05) is 17.7 Å². The molecule has 6 heteroatoms. The molecule has 1 aliphatic heterocycles. The third kappa shape index (κ3) is 5.35. The molecule has 2 N–H and O–H groups in total. The third-order valence-electron chi connectivity index (χ3n) is 4.55. The van der Waals surface area contributed by atoms with Gasteiger partial charge in [0, 0.05) is 49.4 Å². The van der Waals surface area contributed by atoms with Crippen molar-refractivity contribution in [2.24, 2.45) is 4.99 Å². The minimum atomic E-state index is -0.256. The number of piperidine rings is 1. The van der Waals surface area contributed by atoms with Crippen LogP contribution in [0.25, 0.3) is 0 Å². The summed E-state index contributed by atoms with van der Waals surface area (Å²) in [4.78, 5) is 6.76. The zero-order valence-electron chi connectivity index (χ0n) is 14.8. The second kappa shape index (κ2) is 9.23. The second-order valence-corrected chi connectivity index (χ2v) is 6.90. The van der Waals surface area contributed by atoms with E-state index in [-0.39, 0.29) is 5.82 Å². The van der Waals surface area contributed by atoms with Gasteiger partial charge in [0.2, 0.25) is 0 Å². The normalized spacial score (nSPS) is 17.3. The van der Waals surface area contributed by atoms with Gasteiger partial charge >= 0.3 is 0 Å². The maximum absolute atomic E-state index is 13.8. The molecule has 0 unspecified atom stereocenters. The van der Waals surface area contributed by atoms with Crippen LogP contribution < -0.4 is 10.6 Å². The van der Waals surface area contributed by atoms with E-state index in [0.29, 0.717) is 35.6 Å². The first-order valence-corrected chi connectivity index (χ1v) is 9.03. The van der Waals surface area contributed by atoms with Crippen molar-refractivity contribution in [1.82, 2.24) is 15.5 Å². The molecule has 1 aliphatic rings. The molecule has 1 aromatic carbocycles. The van der Waals surface area contributed by atoms with Gasteiger partial charge in [-0.15, -0.1) is 0 Å². The van der Waals surface area contributed by atoms with Crippen molar-refractivity contribution in [3.8, 4) is 0 Å². The number of rotatable bonds is 5. The molecule has 134 valence electrons. The number of nitrogens with zero attached hydrogens (tertiary/aromatic N) is 2. The van der Waals surface area contributed by atoms with Crippen LogP contribution in [0.5, 0.6) is 0 Å². The number of guanidine groups is 1. The summed E-state index contributed by atoms with van der Waals surface area (Å²) < 4.78 is 13.8. The Balaban J connectivity index is 1.77. The second-order valence-electron chi connectivity index (χ2n) is 6.50. The Labute approximate surface area is 149 Å². The number of likely N-dealkylation sites (tertiary alicyclic amines) is 1. The maximum Gasteiger partial charge on any atom is 0.191 e. The first kappa shape index (κ1) is 19.0. The predicted octanol–water partition coefficient (Wildman–Crippen LogP) is 3.06. The molecule has 0 aromatic heterocycles. The van der Waals surface area contributed by atoms with Gasteiger partial charge in [0.05, 0.1) is 0 Å². The molecule has 1 saturated heterocycles. The van der Waals surface area contributed by atoms with Crippen LogP contribution in [0, 0.1) is 5.82 Å². The van der Waals surface area contributed by atoms with Gasteiger partial charge in [0.1, 0.15) is 5.82 Å². The van der Waals surface area contributed by atoms with Crippen LogP contribution in [-0.4, -0.2) is 49.6 Å². The Morgan fingerprint density at radius 2 is 2.08 bits per heavy atom. The van der Waals surface area contributed by atoms with Crippen LogP contribution in [0.2, 0.25) is 5.02 Å². The van der Waals surface area contributed by atoms with E-state index in [4.69, 9.17) is 11.6 Å². The van der Waals surface area contributed by atoms with Crippen molar-refractivity contribution in [3.63, 3.8) is 0 Å². The van der Waals surface area contributed by atoms with Crippen LogP contribution in [0.4, 0.5) is 4.39 Å². The summed E-state index contributed by atoms with van der Waals surface area (Å²) in [6, 6.07) is 5.82. The van der Waals surface area contributed by atoms with Gasteiger partial charge < -0.3 is 15.5 Å². The van der Waals surface area contributed by atoms with Crippen molar-refractivity contribution in [2.45, 2.75) is 45.2 Å². The van der Waals surface area contributed by atoms with Crippen LogP contribution in [0.3, 0.4) is 0 Å². The Kier molecular flexibility index (Phi) is 7.31. The molecule has 2 rings (SSSR count). The fourth-order valence-electron chi connectivity index (χ4n) is 3.03.